The van der Waals surface area contributed by atoms with Gasteiger partial charge in [0.2, 0.25) is 5.89 Å². The number of carbonyl (C=O) groups is 1. The molecule has 1 heterocycles. The molecule has 8 heteroatoms. The zero-order chi connectivity index (χ0) is 24.1. The van der Waals surface area contributed by atoms with E-state index in [1.165, 1.54) is 0 Å². The van der Waals surface area contributed by atoms with E-state index in [1.54, 1.807) is 61.5 Å². The van der Waals surface area contributed by atoms with Crippen LogP contribution >= 0.6 is 11.6 Å². The van der Waals surface area contributed by atoms with E-state index < -0.39 is 9.84 Å². The van der Waals surface area contributed by atoms with Gasteiger partial charge in [0, 0.05) is 22.7 Å². The highest BCUT2D eigenvalue weighted by atomic mass is 35.5. The van der Waals surface area contributed by atoms with Crippen LogP contribution in [0.1, 0.15) is 27.4 Å². The van der Waals surface area contributed by atoms with E-state index in [2.05, 4.69) is 10.3 Å². The number of aromatic nitrogens is 1. The number of benzene rings is 3. The average Bonchev–Trinajstić information content (AvgIpc) is 3.20. The summed E-state index contributed by atoms with van der Waals surface area (Å²) in [5, 5.41) is 3.58. The summed E-state index contributed by atoms with van der Waals surface area (Å²) in [6.45, 7) is 2.19. The molecule has 0 atom stereocenters. The summed E-state index contributed by atoms with van der Waals surface area (Å²) in [6.07, 6.45) is 0.700. The molecule has 4 rings (SSSR count). The lowest BCUT2D eigenvalue weighted by atomic mass is 10.1. The molecule has 6 nitrogen and oxygen atoms in total. The standard InChI is InChI=1S/C26H23ClN2O4S/c1-18-24(17-34(31,32)23-5-3-2-4-6-23)29-26(33-18)21-11-9-20(10-12-21)25(30)28-16-15-19-7-13-22(27)14-8-19/h2-14H,15-17H2,1H3,(H,28,30). The Kier molecular flexibility index (Phi) is 7.14. The number of nitrogens with one attached hydrogen (secondary N) is 1. The fourth-order valence-electron chi connectivity index (χ4n) is 3.41. The van der Waals surface area contributed by atoms with Crippen LogP contribution in [0, 0.1) is 6.92 Å². The molecule has 0 aliphatic rings. The molecular weight excluding hydrogens is 472 g/mol. The highest BCUT2D eigenvalue weighted by Crippen LogP contribution is 2.25. The van der Waals surface area contributed by atoms with Crippen LogP contribution in [0.2, 0.25) is 5.02 Å². The Morgan fingerprint density at radius 3 is 2.32 bits per heavy atom. The van der Waals surface area contributed by atoms with Crippen molar-refractivity contribution in [2.75, 3.05) is 6.54 Å². The van der Waals surface area contributed by atoms with E-state index in [4.69, 9.17) is 16.0 Å². The van der Waals surface area contributed by atoms with Gasteiger partial charge in [-0.05, 0) is 67.4 Å². The lowest BCUT2D eigenvalue weighted by molar-refractivity contribution is 0.0954. The van der Waals surface area contributed by atoms with Crippen molar-refractivity contribution < 1.29 is 17.6 Å². The third kappa shape index (κ3) is 5.73. The highest BCUT2D eigenvalue weighted by molar-refractivity contribution is 7.90. The first-order chi connectivity index (χ1) is 16.3. The number of carbonyl (C=O) groups excluding carboxylic acids is 1. The molecule has 1 aromatic heterocycles. The quantitative estimate of drug-likeness (QED) is 0.361. The van der Waals surface area contributed by atoms with Crippen LogP contribution in [0.4, 0.5) is 0 Å². The molecule has 0 spiro atoms. The number of nitrogens with zero attached hydrogens (tertiary/aromatic N) is 1. The maximum Gasteiger partial charge on any atom is 0.251 e. The van der Waals surface area contributed by atoms with E-state index in [9.17, 15) is 13.2 Å². The van der Waals surface area contributed by atoms with Gasteiger partial charge >= 0.3 is 0 Å². The number of oxazole rings is 1. The van der Waals surface area contributed by atoms with Crippen LogP contribution in [0.15, 0.2) is 88.2 Å². The lowest BCUT2D eigenvalue weighted by Crippen LogP contribution is -2.25. The third-order valence-electron chi connectivity index (χ3n) is 5.33. The van der Waals surface area contributed by atoms with Crippen molar-refractivity contribution in [3.63, 3.8) is 0 Å². The zero-order valence-corrected chi connectivity index (χ0v) is 20.1. The number of sulfone groups is 1. The van der Waals surface area contributed by atoms with E-state index in [1.807, 2.05) is 24.3 Å². The van der Waals surface area contributed by atoms with Gasteiger partial charge in [0.05, 0.1) is 10.6 Å². The summed E-state index contributed by atoms with van der Waals surface area (Å²) >= 11 is 5.89. The van der Waals surface area contributed by atoms with E-state index in [0.717, 1.165) is 5.56 Å². The number of halogens is 1. The van der Waals surface area contributed by atoms with Crippen molar-refractivity contribution >= 4 is 27.3 Å². The SMILES string of the molecule is Cc1oc(-c2ccc(C(=O)NCCc3ccc(Cl)cc3)cc2)nc1CS(=O)(=O)c1ccccc1. The summed E-state index contributed by atoms with van der Waals surface area (Å²) in [4.78, 5) is 17.1. The number of hydrogen-bond donors (Lipinski definition) is 1. The minimum absolute atomic E-state index is 0.182. The van der Waals surface area contributed by atoms with Gasteiger partial charge in [-0.1, -0.05) is 41.9 Å². The summed E-state index contributed by atoms with van der Waals surface area (Å²) in [7, 11) is -3.54. The van der Waals surface area contributed by atoms with E-state index >= 15 is 0 Å². The van der Waals surface area contributed by atoms with Gasteiger partial charge in [0.15, 0.2) is 9.84 Å². The van der Waals surface area contributed by atoms with Crippen molar-refractivity contribution in [1.29, 1.82) is 0 Å². The maximum absolute atomic E-state index is 12.7. The fraction of sp³-hybridized carbons (Fsp3) is 0.154. The van der Waals surface area contributed by atoms with Gasteiger partial charge < -0.3 is 9.73 Å². The van der Waals surface area contributed by atoms with Crippen molar-refractivity contribution in [2.24, 2.45) is 0 Å². The predicted octanol–water partition coefficient (Wildman–Crippen LogP) is 5.25. The van der Waals surface area contributed by atoms with Crippen LogP contribution in [0.3, 0.4) is 0 Å². The van der Waals surface area contributed by atoms with Gasteiger partial charge in [0.1, 0.15) is 11.5 Å². The molecule has 0 fully saturated rings. The Hall–Kier alpha value is -3.42. The van der Waals surface area contributed by atoms with Gasteiger partial charge in [-0.3, -0.25) is 4.79 Å². The second-order valence-corrected chi connectivity index (χ2v) is 10.2. The summed E-state index contributed by atoms with van der Waals surface area (Å²) in [5.74, 6) is 0.322. The average molecular weight is 495 g/mol. The summed E-state index contributed by atoms with van der Waals surface area (Å²) in [5.41, 5.74) is 2.62. The van der Waals surface area contributed by atoms with Gasteiger partial charge in [-0.15, -0.1) is 0 Å². The smallest absolute Gasteiger partial charge is 0.251 e. The summed E-state index contributed by atoms with van der Waals surface area (Å²) in [6, 6.07) is 22.6. The number of hydrogen-bond acceptors (Lipinski definition) is 5. The number of rotatable bonds is 8. The van der Waals surface area contributed by atoms with Gasteiger partial charge in [-0.2, -0.15) is 0 Å². The molecule has 0 unspecified atom stereocenters. The molecular formula is C26H23ClN2O4S. The van der Waals surface area contributed by atoms with E-state index in [-0.39, 0.29) is 16.6 Å². The van der Waals surface area contributed by atoms with E-state index in [0.29, 0.717) is 46.5 Å². The van der Waals surface area contributed by atoms with Crippen molar-refractivity contribution in [3.05, 3.63) is 106 Å². The zero-order valence-electron chi connectivity index (χ0n) is 18.5. The maximum atomic E-state index is 12.7. The molecule has 0 saturated heterocycles. The minimum atomic E-state index is -3.54. The third-order valence-corrected chi connectivity index (χ3v) is 7.22. The number of amides is 1. The molecule has 0 bridgehead atoms. The summed E-state index contributed by atoms with van der Waals surface area (Å²) < 4.78 is 31.1. The van der Waals surface area contributed by atoms with Crippen LogP contribution < -0.4 is 5.32 Å². The van der Waals surface area contributed by atoms with Crippen molar-refractivity contribution in [3.8, 4) is 11.5 Å². The van der Waals surface area contributed by atoms with Crippen LogP contribution in [-0.4, -0.2) is 25.9 Å². The van der Waals surface area contributed by atoms with Crippen LogP contribution in [0.25, 0.3) is 11.5 Å². The highest BCUT2D eigenvalue weighted by Gasteiger charge is 2.21. The molecule has 0 radical (unpaired) electrons. The van der Waals surface area contributed by atoms with Gasteiger partial charge in [0.25, 0.3) is 5.91 Å². The molecule has 1 N–H and O–H groups in total. The van der Waals surface area contributed by atoms with Gasteiger partial charge in [-0.25, -0.2) is 13.4 Å². The molecule has 4 aromatic rings. The largest absolute Gasteiger partial charge is 0.441 e. The predicted molar refractivity (Wildman–Crippen MR) is 131 cm³/mol. The molecule has 174 valence electrons. The Bertz CT molecular complexity index is 1380. The molecule has 34 heavy (non-hydrogen) atoms. The monoisotopic (exact) mass is 494 g/mol. The first kappa shape index (κ1) is 23.7. The Balaban J connectivity index is 1.40. The minimum Gasteiger partial charge on any atom is -0.441 e. The number of aryl methyl sites for hydroxylation is 1. The topological polar surface area (TPSA) is 89.3 Å². The first-order valence-electron chi connectivity index (χ1n) is 10.7. The van der Waals surface area contributed by atoms with Crippen molar-refractivity contribution in [2.45, 2.75) is 24.0 Å². The Labute approximate surface area is 203 Å². The first-order valence-corrected chi connectivity index (χ1v) is 12.7. The molecule has 1 amide bonds. The van der Waals surface area contributed by atoms with Crippen LogP contribution in [0.5, 0.6) is 0 Å². The fourth-order valence-corrected chi connectivity index (χ4v) is 4.91. The molecule has 3 aromatic carbocycles. The Morgan fingerprint density at radius 1 is 0.971 bits per heavy atom. The van der Waals surface area contributed by atoms with Crippen LogP contribution in [-0.2, 0) is 22.0 Å². The second kappa shape index (κ2) is 10.2. The second-order valence-electron chi connectivity index (χ2n) is 7.80. The molecule has 0 saturated carbocycles. The Morgan fingerprint density at radius 2 is 1.65 bits per heavy atom. The molecule has 0 aliphatic carbocycles. The molecule has 0 aliphatic heterocycles. The normalized spacial score (nSPS) is 11.4. The van der Waals surface area contributed by atoms with Crippen molar-refractivity contribution in [1.82, 2.24) is 10.3 Å². The lowest BCUT2D eigenvalue weighted by Gasteiger charge is -2.06.